The van der Waals surface area contributed by atoms with Crippen molar-refractivity contribution >= 4 is 17.6 Å². The Kier molecular flexibility index (Phi) is 5.07. The number of nitrogens with two attached hydrogens (primary N) is 1. The molecule has 0 unspecified atom stereocenters. The molecule has 1 heterocycles. The van der Waals surface area contributed by atoms with E-state index in [0.717, 1.165) is 24.9 Å². The van der Waals surface area contributed by atoms with Crippen LogP contribution >= 0.6 is 0 Å². The number of carbonyl (C=O) groups excluding carboxylic acids is 2. The Balaban J connectivity index is 1.58. The first-order chi connectivity index (χ1) is 11.6. The van der Waals surface area contributed by atoms with Crippen molar-refractivity contribution in [1.82, 2.24) is 4.90 Å². The van der Waals surface area contributed by atoms with Crippen molar-refractivity contribution in [3.63, 3.8) is 0 Å². The highest BCUT2D eigenvalue weighted by molar-refractivity contribution is 5.92. The molecule has 1 aliphatic heterocycles. The minimum absolute atomic E-state index is 0.0694. The standard InChI is InChI=1S/C19H26N2O3/c1-13-8-9-15(11-16(13)20)19(23)24-12-18(22)21-10-4-6-14-5-2-3-7-17(14)21/h8-9,11,14,17H,2-7,10,12,20H2,1H3/t14-,17+/m0/s1. The molecule has 1 amide bonds. The number of carbonyl (C=O) groups is 2. The number of esters is 1. The molecule has 24 heavy (non-hydrogen) atoms. The number of amides is 1. The number of anilines is 1. The maximum absolute atomic E-state index is 12.5. The van der Waals surface area contributed by atoms with Gasteiger partial charge in [-0.05, 0) is 56.2 Å². The maximum Gasteiger partial charge on any atom is 0.338 e. The summed E-state index contributed by atoms with van der Waals surface area (Å²) in [6, 6.07) is 5.40. The van der Waals surface area contributed by atoms with Gasteiger partial charge >= 0.3 is 5.97 Å². The van der Waals surface area contributed by atoms with Gasteiger partial charge in [0.2, 0.25) is 0 Å². The van der Waals surface area contributed by atoms with E-state index < -0.39 is 5.97 Å². The Morgan fingerprint density at radius 2 is 1.96 bits per heavy atom. The molecule has 1 aromatic rings. The number of nitrogen functional groups attached to an aromatic ring is 1. The second kappa shape index (κ2) is 7.24. The van der Waals surface area contributed by atoms with Crippen molar-refractivity contribution in [1.29, 1.82) is 0 Å². The number of hydrogen-bond donors (Lipinski definition) is 1. The fourth-order valence-corrected chi connectivity index (χ4v) is 4.00. The van der Waals surface area contributed by atoms with Crippen LogP contribution < -0.4 is 5.73 Å². The van der Waals surface area contributed by atoms with Crippen LogP contribution in [0.5, 0.6) is 0 Å². The van der Waals surface area contributed by atoms with Crippen LogP contribution in [0, 0.1) is 12.8 Å². The van der Waals surface area contributed by atoms with Crippen molar-refractivity contribution in [2.24, 2.45) is 5.92 Å². The average molecular weight is 330 g/mol. The third-order valence-corrected chi connectivity index (χ3v) is 5.41. The van der Waals surface area contributed by atoms with Gasteiger partial charge in [-0.15, -0.1) is 0 Å². The van der Waals surface area contributed by atoms with Gasteiger partial charge in [0.15, 0.2) is 6.61 Å². The number of fused-ring (bicyclic) bond motifs is 1. The summed E-state index contributed by atoms with van der Waals surface area (Å²) < 4.78 is 5.23. The van der Waals surface area contributed by atoms with Crippen LogP contribution in [-0.2, 0) is 9.53 Å². The van der Waals surface area contributed by atoms with E-state index in [1.165, 1.54) is 25.7 Å². The molecule has 0 spiro atoms. The van der Waals surface area contributed by atoms with Crippen LogP contribution in [0.25, 0.3) is 0 Å². The highest BCUT2D eigenvalue weighted by Gasteiger charge is 2.35. The van der Waals surface area contributed by atoms with Gasteiger partial charge in [0, 0.05) is 18.3 Å². The Morgan fingerprint density at radius 3 is 2.75 bits per heavy atom. The number of nitrogens with zero attached hydrogens (tertiary/aromatic N) is 1. The summed E-state index contributed by atoms with van der Waals surface area (Å²) in [6.07, 6.45) is 7.03. The molecule has 2 fully saturated rings. The van der Waals surface area contributed by atoms with Crippen molar-refractivity contribution in [2.75, 3.05) is 18.9 Å². The van der Waals surface area contributed by atoms with E-state index in [1.807, 2.05) is 11.8 Å². The molecule has 1 aromatic carbocycles. The summed E-state index contributed by atoms with van der Waals surface area (Å²) in [5.41, 5.74) is 7.68. The SMILES string of the molecule is Cc1ccc(C(=O)OCC(=O)N2CCC[C@@H]3CCCC[C@H]32)cc1N. The normalized spacial score (nSPS) is 23.5. The monoisotopic (exact) mass is 330 g/mol. The van der Waals surface area contributed by atoms with Gasteiger partial charge in [-0.2, -0.15) is 0 Å². The minimum Gasteiger partial charge on any atom is -0.452 e. The van der Waals surface area contributed by atoms with Crippen molar-refractivity contribution in [3.8, 4) is 0 Å². The number of hydrogen-bond acceptors (Lipinski definition) is 4. The van der Waals surface area contributed by atoms with Gasteiger partial charge in [-0.3, -0.25) is 4.79 Å². The summed E-state index contributed by atoms with van der Waals surface area (Å²) in [5.74, 6) is 0.0661. The number of ether oxygens (including phenoxy) is 1. The van der Waals surface area contributed by atoms with Crippen LogP contribution in [0.1, 0.15) is 54.4 Å². The van der Waals surface area contributed by atoms with Gasteiger partial charge in [0.1, 0.15) is 0 Å². The van der Waals surface area contributed by atoms with Crippen LogP contribution in [0.3, 0.4) is 0 Å². The number of aryl methyl sites for hydroxylation is 1. The number of benzene rings is 1. The number of rotatable bonds is 3. The fourth-order valence-electron chi connectivity index (χ4n) is 4.00. The zero-order valence-electron chi connectivity index (χ0n) is 14.3. The highest BCUT2D eigenvalue weighted by atomic mass is 16.5. The summed E-state index contributed by atoms with van der Waals surface area (Å²) in [4.78, 5) is 26.6. The molecule has 1 aliphatic carbocycles. The van der Waals surface area contributed by atoms with Crippen molar-refractivity contribution < 1.29 is 14.3 Å². The van der Waals surface area contributed by atoms with E-state index >= 15 is 0 Å². The molecular formula is C19H26N2O3. The minimum atomic E-state index is -0.493. The van der Waals surface area contributed by atoms with E-state index in [1.54, 1.807) is 18.2 Å². The molecule has 1 saturated heterocycles. The summed E-state index contributed by atoms with van der Waals surface area (Å²) >= 11 is 0. The first-order valence-electron chi connectivity index (χ1n) is 8.89. The molecule has 5 nitrogen and oxygen atoms in total. The Hall–Kier alpha value is -2.04. The van der Waals surface area contributed by atoms with E-state index in [-0.39, 0.29) is 12.5 Å². The quantitative estimate of drug-likeness (QED) is 0.683. The second-order valence-electron chi connectivity index (χ2n) is 6.99. The summed E-state index contributed by atoms with van der Waals surface area (Å²) in [7, 11) is 0. The largest absolute Gasteiger partial charge is 0.452 e. The van der Waals surface area contributed by atoms with E-state index in [9.17, 15) is 9.59 Å². The molecule has 5 heteroatoms. The molecular weight excluding hydrogens is 304 g/mol. The smallest absolute Gasteiger partial charge is 0.338 e. The molecule has 130 valence electrons. The number of likely N-dealkylation sites (tertiary alicyclic amines) is 1. The molecule has 0 aromatic heterocycles. The molecule has 2 N–H and O–H groups in total. The zero-order chi connectivity index (χ0) is 17.1. The van der Waals surface area contributed by atoms with Gasteiger partial charge in [0.25, 0.3) is 5.91 Å². The highest BCUT2D eigenvalue weighted by Crippen LogP contribution is 2.35. The van der Waals surface area contributed by atoms with Gasteiger partial charge in [-0.25, -0.2) is 4.79 Å². The lowest BCUT2D eigenvalue weighted by molar-refractivity contribution is -0.140. The molecule has 1 saturated carbocycles. The van der Waals surface area contributed by atoms with Gasteiger partial charge in [-0.1, -0.05) is 18.9 Å². The Labute approximate surface area is 143 Å². The molecule has 2 atom stereocenters. The van der Waals surface area contributed by atoms with E-state index in [4.69, 9.17) is 10.5 Å². The third-order valence-electron chi connectivity index (χ3n) is 5.41. The van der Waals surface area contributed by atoms with E-state index in [2.05, 4.69) is 0 Å². The lowest BCUT2D eigenvalue weighted by Crippen LogP contribution is -2.50. The van der Waals surface area contributed by atoms with Crippen LogP contribution in [-0.4, -0.2) is 36.0 Å². The van der Waals surface area contributed by atoms with Crippen LogP contribution in [0.4, 0.5) is 5.69 Å². The molecule has 3 rings (SSSR count). The van der Waals surface area contributed by atoms with E-state index in [0.29, 0.717) is 23.2 Å². The predicted octanol–water partition coefficient (Wildman–Crippen LogP) is 2.92. The van der Waals surface area contributed by atoms with Crippen LogP contribution in [0.15, 0.2) is 18.2 Å². The maximum atomic E-state index is 12.5. The summed E-state index contributed by atoms with van der Waals surface area (Å²) in [5, 5.41) is 0. The average Bonchev–Trinajstić information content (AvgIpc) is 2.61. The van der Waals surface area contributed by atoms with Crippen LogP contribution in [0.2, 0.25) is 0 Å². The van der Waals surface area contributed by atoms with Crippen molar-refractivity contribution in [2.45, 2.75) is 51.5 Å². The van der Waals surface area contributed by atoms with Gasteiger partial charge < -0.3 is 15.4 Å². The third kappa shape index (κ3) is 3.55. The fraction of sp³-hybridized carbons (Fsp3) is 0.579. The Bertz CT molecular complexity index is 627. The zero-order valence-corrected chi connectivity index (χ0v) is 14.3. The van der Waals surface area contributed by atoms with Crippen molar-refractivity contribution in [3.05, 3.63) is 29.3 Å². The van der Waals surface area contributed by atoms with Gasteiger partial charge in [0.05, 0.1) is 5.56 Å². The molecule has 0 bridgehead atoms. The number of piperidine rings is 1. The lowest BCUT2D eigenvalue weighted by atomic mass is 9.78. The second-order valence-corrected chi connectivity index (χ2v) is 6.99. The first-order valence-corrected chi connectivity index (χ1v) is 8.89. The molecule has 0 radical (unpaired) electrons. The topological polar surface area (TPSA) is 72.6 Å². The molecule has 2 aliphatic rings. The summed E-state index contributed by atoms with van der Waals surface area (Å²) in [6.45, 7) is 2.48. The first kappa shape index (κ1) is 16.8. The predicted molar refractivity (Wildman–Crippen MR) is 92.6 cm³/mol. The lowest BCUT2D eigenvalue weighted by Gasteiger charge is -2.44. The Morgan fingerprint density at radius 1 is 1.21 bits per heavy atom.